The fraction of sp³-hybridized carbons (Fsp3) is 0.214. The van der Waals surface area contributed by atoms with Gasteiger partial charge in [-0.1, -0.05) is 30.3 Å². The van der Waals surface area contributed by atoms with Gasteiger partial charge in [-0.25, -0.2) is 0 Å². The fourth-order valence-electron chi connectivity index (χ4n) is 2.20. The Morgan fingerprint density at radius 1 is 1.15 bits per heavy atom. The molecule has 0 saturated heterocycles. The topological polar surface area (TPSA) is 104 Å². The maximum Gasteiger partial charge on any atom is 0.269 e. The van der Waals surface area contributed by atoms with Crippen LogP contribution in [0.1, 0.15) is 45.1 Å². The second kappa shape index (κ2) is 5.16. The molecule has 0 fully saturated rings. The van der Waals surface area contributed by atoms with Gasteiger partial charge in [-0.3, -0.25) is 14.3 Å². The Kier molecular flexibility index (Phi) is 3.56. The summed E-state index contributed by atoms with van der Waals surface area (Å²) in [5.74, 6) is -1.31. The van der Waals surface area contributed by atoms with Crippen molar-refractivity contribution in [3.05, 3.63) is 52.8 Å². The van der Waals surface area contributed by atoms with Crippen LogP contribution in [0, 0.1) is 6.92 Å². The van der Waals surface area contributed by atoms with Gasteiger partial charge < -0.3 is 11.5 Å². The van der Waals surface area contributed by atoms with Crippen LogP contribution >= 0.6 is 0 Å². The first-order valence-electron chi connectivity index (χ1n) is 6.17. The second-order valence-corrected chi connectivity index (χ2v) is 4.58. The lowest BCUT2D eigenvalue weighted by Crippen LogP contribution is -2.21. The highest BCUT2D eigenvalue weighted by Crippen LogP contribution is 2.22. The molecule has 6 heteroatoms. The van der Waals surface area contributed by atoms with E-state index in [-0.39, 0.29) is 17.4 Å². The third-order valence-electron chi connectivity index (χ3n) is 3.26. The second-order valence-electron chi connectivity index (χ2n) is 4.58. The molecular weight excluding hydrogens is 256 g/mol. The largest absolute Gasteiger partial charge is 0.364 e. The third-order valence-corrected chi connectivity index (χ3v) is 3.26. The Hall–Kier alpha value is -2.63. The molecule has 20 heavy (non-hydrogen) atoms. The van der Waals surface area contributed by atoms with Crippen LogP contribution in [0.2, 0.25) is 0 Å². The zero-order valence-electron chi connectivity index (χ0n) is 11.3. The zero-order chi connectivity index (χ0) is 14.9. The number of aromatic nitrogens is 2. The van der Waals surface area contributed by atoms with Gasteiger partial charge in [0.05, 0.1) is 6.04 Å². The van der Waals surface area contributed by atoms with Crippen molar-refractivity contribution in [1.29, 1.82) is 0 Å². The molecule has 1 aromatic carbocycles. The summed E-state index contributed by atoms with van der Waals surface area (Å²) in [6.07, 6.45) is 0. The van der Waals surface area contributed by atoms with Crippen LogP contribution in [0.25, 0.3) is 0 Å². The summed E-state index contributed by atoms with van der Waals surface area (Å²) in [6.45, 7) is 3.49. The molecule has 2 aromatic rings. The normalized spacial score (nSPS) is 12.1. The molecular formula is C14H16N4O2. The van der Waals surface area contributed by atoms with Gasteiger partial charge >= 0.3 is 0 Å². The lowest BCUT2D eigenvalue weighted by atomic mass is 10.1. The Morgan fingerprint density at radius 2 is 1.75 bits per heavy atom. The quantitative estimate of drug-likeness (QED) is 0.867. The molecule has 1 heterocycles. The molecule has 0 unspecified atom stereocenters. The van der Waals surface area contributed by atoms with E-state index in [1.165, 1.54) is 4.68 Å². The number of hydrogen-bond donors (Lipinski definition) is 2. The first kappa shape index (κ1) is 13.8. The summed E-state index contributed by atoms with van der Waals surface area (Å²) < 4.78 is 1.45. The standard InChI is InChI=1S/C14H16N4O2/c1-8-11(13(15)19)17-18(12(8)14(16)20)9(2)10-6-4-3-5-7-10/h3-7,9H,1-2H3,(H2,15,19)(H2,16,20)/t9-/m0/s1. The van der Waals surface area contributed by atoms with E-state index in [9.17, 15) is 9.59 Å². The number of carbonyl (C=O) groups excluding carboxylic acids is 2. The van der Waals surface area contributed by atoms with Crippen molar-refractivity contribution in [3.63, 3.8) is 0 Å². The molecule has 0 saturated carbocycles. The molecule has 6 nitrogen and oxygen atoms in total. The molecule has 0 radical (unpaired) electrons. The summed E-state index contributed by atoms with van der Waals surface area (Å²) in [5.41, 5.74) is 12.3. The molecule has 0 aliphatic heterocycles. The minimum absolute atomic E-state index is 0.0709. The number of nitrogens with two attached hydrogens (primary N) is 2. The van der Waals surface area contributed by atoms with Crippen LogP contribution in [0.5, 0.6) is 0 Å². The van der Waals surface area contributed by atoms with Crippen molar-refractivity contribution < 1.29 is 9.59 Å². The molecule has 0 spiro atoms. The molecule has 0 aliphatic carbocycles. The first-order chi connectivity index (χ1) is 9.43. The van der Waals surface area contributed by atoms with Gasteiger partial charge in [0.25, 0.3) is 11.8 Å². The van der Waals surface area contributed by atoms with E-state index in [4.69, 9.17) is 11.5 Å². The highest BCUT2D eigenvalue weighted by atomic mass is 16.2. The van der Waals surface area contributed by atoms with Crippen LogP contribution < -0.4 is 11.5 Å². The number of amides is 2. The van der Waals surface area contributed by atoms with Crippen LogP contribution in [0.3, 0.4) is 0 Å². The molecule has 0 aliphatic rings. The van der Waals surface area contributed by atoms with E-state index in [0.29, 0.717) is 5.56 Å². The van der Waals surface area contributed by atoms with Crippen LogP contribution in [-0.2, 0) is 0 Å². The van der Waals surface area contributed by atoms with Gasteiger partial charge in [-0.05, 0) is 19.4 Å². The molecule has 2 rings (SSSR count). The molecule has 2 amide bonds. The Labute approximate surface area is 116 Å². The van der Waals surface area contributed by atoms with E-state index in [0.717, 1.165) is 5.56 Å². The van der Waals surface area contributed by atoms with Crippen LogP contribution in [-0.4, -0.2) is 21.6 Å². The van der Waals surface area contributed by atoms with Gasteiger partial charge in [0.15, 0.2) is 5.69 Å². The van der Waals surface area contributed by atoms with E-state index < -0.39 is 11.8 Å². The van der Waals surface area contributed by atoms with Crippen molar-refractivity contribution in [3.8, 4) is 0 Å². The average Bonchev–Trinajstić information content (AvgIpc) is 2.76. The maximum absolute atomic E-state index is 11.6. The number of nitrogens with zero attached hydrogens (tertiary/aromatic N) is 2. The molecule has 1 aromatic heterocycles. The molecule has 1 atom stereocenters. The lowest BCUT2D eigenvalue weighted by Gasteiger charge is -2.15. The predicted molar refractivity (Wildman–Crippen MR) is 74.3 cm³/mol. The number of rotatable bonds is 4. The van der Waals surface area contributed by atoms with Crippen molar-refractivity contribution in [1.82, 2.24) is 9.78 Å². The van der Waals surface area contributed by atoms with Gasteiger partial charge in [0.2, 0.25) is 0 Å². The van der Waals surface area contributed by atoms with Gasteiger partial charge in [-0.15, -0.1) is 0 Å². The van der Waals surface area contributed by atoms with Crippen molar-refractivity contribution in [2.24, 2.45) is 11.5 Å². The van der Waals surface area contributed by atoms with Crippen molar-refractivity contribution >= 4 is 11.8 Å². The van der Waals surface area contributed by atoms with Gasteiger partial charge in [0.1, 0.15) is 5.69 Å². The van der Waals surface area contributed by atoms with Gasteiger partial charge in [0, 0.05) is 5.56 Å². The zero-order valence-corrected chi connectivity index (χ0v) is 11.3. The van der Waals surface area contributed by atoms with E-state index in [1.54, 1.807) is 6.92 Å². The van der Waals surface area contributed by atoms with Crippen LogP contribution in [0.15, 0.2) is 30.3 Å². The molecule has 104 valence electrons. The highest BCUT2D eigenvalue weighted by molar-refractivity contribution is 5.99. The fourth-order valence-corrected chi connectivity index (χ4v) is 2.20. The smallest absolute Gasteiger partial charge is 0.269 e. The summed E-state index contributed by atoms with van der Waals surface area (Å²) in [5, 5.41) is 4.15. The SMILES string of the molecule is Cc1c(C(N)=O)nn([C@@H](C)c2ccccc2)c1C(N)=O. The Bertz CT molecular complexity index is 661. The van der Waals surface area contributed by atoms with Crippen LogP contribution in [0.4, 0.5) is 0 Å². The molecule has 0 bridgehead atoms. The first-order valence-corrected chi connectivity index (χ1v) is 6.17. The number of primary amides is 2. The van der Waals surface area contributed by atoms with Crippen molar-refractivity contribution in [2.75, 3.05) is 0 Å². The van der Waals surface area contributed by atoms with E-state index in [2.05, 4.69) is 5.10 Å². The number of benzene rings is 1. The number of hydrogen-bond acceptors (Lipinski definition) is 3. The summed E-state index contributed by atoms with van der Waals surface area (Å²) in [6, 6.07) is 9.27. The minimum atomic E-state index is -0.677. The lowest BCUT2D eigenvalue weighted by molar-refractivity contribution is 0.0982. The van der Waals surface area contributed by atoms with Crippen molar-refractivity contribution in [2.45, 2.75) is 19.9 Å². The third kappa shape index (κ3) is 2.27. The highest BCUT2D eigenvalue weighted by Gasteiger charge is 2.24. The summed E-state index contributed by atoms with van der Waals surface area (Å²) >= 11 is 0. The Morgan fingerprint density at radius 3 is 2.25 bits per heavy atom. The average molecular weight is 272 g/mol. The van der Waals surface area contributed by atoms with E-state index in [1.807, 2.05) is 37.3 Å². The maximum atomic E-state index is 11.6. The van der Waals surface area contributed by atoms with Gasteiger partial charge in [-0.2, -0.15) is 5.10 Å². The summed E-state index contributed by atoms with van der Waals surface area (Å²) in [7, 11) is 0. The predicted octanol–water partition coefficient (Wildman–Crippen LogP) is 0.999. The monoisotopic (exact) mass is 272 g/mol. The van der Waals surface area contributed by atoms with E-state index >= 15 is 0 Å². The summed E-state index contributed by atoms with van der Waals surface area (Å²) in [4.78, 5) is 23.0. The minimum Gasteiger partial charge on any atom is -0.364 e. The molecule has 4 N–H and O–H groups in total. The number of carbonyl (C=O) groups is 2. The Balaban J connectivity index is 2.59.